The number of rotatable bonds is 3. The normalized spacial score (nSPS) is 27.4. The van der Waals surface area contributed by atoms with Crippen molar-refractivity contribution in [2.45, 2.75) is 11.3 Å². The molecule has 0 saturated carbocycles. The Morgan fingerprint density at radius 1 is 1.22 bits per heavy atom. The lowest BCUT2D eigenvalue weighted by Gasteiger charge is -2.46. The van der Waals surface area contributed by atoms with Crippen LogP contribution in [0.25, 0.3) is 11.1 Å². The van der Waals surface area contributed by atoms with Gasteiger partial charge in [-0.15, -0.1) is 11.8 Å². The Morgan fingerprint density at radius 2 is 2.00 bits per heavy atom. The van der Waals surface area contributed by atoms with Gasteiger partial charge in [-0.1, -0.05) is 18.2 Å². The fourth-order valence-corrected chi connectivity index (χ4v) is 5.59. The molecular formula is C23H17F2N3O3S. The second kappa shape index (κ2) is 7.53. The maximum absolute atomic E-state index is 14.9. The minimum absolute atomic E-state index is 0.0787. The van der Waals surface area contributed by atoms with E-state index in [1.54, 1.807) is 40.9 Å². The summed E-state index contributed by atoms with van der Waals surface area (Å²) in [7, 11) is 0. The molecule has 0 radical (unpaired) electrons. The molecule has 0 aromatic heterocycles. The van der Waals surface area contributed by atoms with E-state index in [0.29, 0.717) is 34.7 Å². The first-order valence-corrected chi connectivity index (χ1v) is 11.0. The second-order valence-electron chi connectivity index (χ2n) is 7.68. The van der Waals surface area contributed by atoms with Gasteiger partial charge in [-0.3, -0.25) is 9.69 Å². The predicted octanol–water partition coefficient (Wildman–Crippen LogP) is 2.81. The average Bonchev–Trinajstić information content (AvgIpc) is 3.41. The Bertz CT molecular complexity index is 1220. The molecular weight excluding hydrogens is 436 g/mol. The highest BCUT2D eigenvalue weighted by molar-refractivity contribution is 7.99. The van der Waals surface area contributed by atoms with Crippen molar-refractivity contribution in [3.05, 3.63) is 82.9 Å². The number of hydrogen-bond donors (Lipinski definition) is 2. The quantitative estimate of drug-likeness (QED) is 0.744. The first-order valence-electron chi connectivity index (χ1n) is 9.84. The van der Waals surface area contributed by atoms with Crippen LogP contribution in [-0.2, 0) is 9.63 Å². The van der Waals surface area contributed by atoms with E-state index in [1.165, 1.54) is 18.2 Å². The van der Waals surface area contributed by atoms with Crippen molar-refractivity contribution < 1.29 is 23.5 Å². The number of hydrogen-bond acceptors (Lipinski definition) is 6. The minimum atomic E-state index is -2.06. The molecule has 32 heavy (non-hydrogen) atoms. The van der Waals surface area contributed by atoms with Gasteiger partial charge in [0.2, 0.25) is 5.79 Å². The molecule has 2 atom stereocenters. The summed E-state index contributed by atoms with van der Waals surface area (Å²) < 4.78 is 28.6. The molecule has 9 heteroatoms. The van der Waals surface area contributed by atoms with Gasteiger partial charge in [0.25, 0.3) is 5.91 Å². The molecule has 5 rings (SSSR count). The van der Waals surface area contributed by atoms with Crippen molar-refractivity contribution in [2.24, 2.45) is 0 Å². The number of carbonyl (C=O) groups is 1. The molecule has 2 aromatic carbocycles. The number of amides is 1. The number of carbonyl (C=O) groups excluding carboxylic acids is 1. The van der Waals surface area contributed by atoms with Crippen molar-refractivity contribution in [2.75, 3.05) is 18.2 Å². The van der Waals surface area contributed by atoms with Crippen molar-refractivity contribution in [3.8, 4) is 6.07 Å². The molecule has 2 aliphatic heterocycles. The maximum Gasteiger partial charge on any atom is 0.274 e. The SMILES string of the molecule is N#Cc1ccc(C2=C(c3ccc(F)cc3F)C=CC3(O)ONC(=O)C23N2CCSC2)cc1. The van der Waals surface area contributed by atoms with Crippen LogP contribution in [0.4, 0.5) is 8.78 Å². The number of benzene rings is 2. The molecule has 2 unspecified atom stereocenters. The first kappa shape index (κ1) is 20.8. The van der Waals surface area contributed by atoms with Crippen LogP contribution in [0.2, 0.25) is 0 Å². The number of nitrogens with zero attached hydrogens (tertiary/aromatic N) is 2. The van der Waals surface area contributed by atoms with Gasteiger partial charge in [-0.05, 0) is 41.5 Å². The second-order valence-corrected chi connectivity index (χ2v) is 8.75. The third-order valence-electron chi connectivity index (χ3n) is 6.00. The standard InChI is InChI=1S/C23H17F2N3O3S/c24-16-5-6-17(19(25)11-16)18-7-8-22(30)23(21(29)27-31-22,28-9-10-32-13-28)20(18)15-3-1-14(12-26)2-4-15/h1-8,11,30H,9-10,13H2,(H,27,29). The Hall–Kier alpha value is -3.03. The Balaban J connectivity index is 1.86. The van der Waals surface area contributed by atoms with Gasteiger partial charge < -0.3 is 5.11 Å². The number of nitrogens with one attached hydrogen (secondary N) is 1. The third-order valence-corrected chi connectivity index (χ3v) is 6.97. The molecule has 3 aliphatic rings. The summed E-state index contributed by atoms with van der Waals surface area (Å²) in [5.41, 5.74) is 2.21. The molecule has 2 aromatic rings. The highest BCUT2D eigenvalue weighted by Crippen LogP contribution is 2.53. The van der Waals surface area contributed by atoms with E-state index < -0.39 is 28.9 Å². The number of allylic oxidation sites excluding steroid dienone is 2. The van der Waals surface area contributed by atoms with Crippen LogP contribution < -0.4 is 5.48 Å². The van der Waals surface area contributed by atoms with E-state index in [0.717, 1.165) is 17.9 Å². The van der Waals surface area contributed by atoms with E-state index in [9.17, 15) is 23.9 Å². The van der Waals surface area contributed by atoms with Gasteiger partial charge in [0.15, 0.2) is 5.54 Å². The summed E-state index contributed by atoms with van der Waals surface area (Å²) in [6.45, 7) is 0.483. The van der Waals surface area contributed by atoms with Gasteiger partial charge in [0.1, 0.15) is 11.6 Å². The maximum atomic E-state index is 14.9. The minimum Gasteiger partial charge on any atom is -0.359 e. The summed E-state index contributed by atoms with van der Waals surface area (Å²) in [5.74, 6) is -3.01. The monoisotopic (exact) mass is 453 g/mol. The summed E-state index contributed by atoms with van der Waals surface area (Å²) in [6.07, 6.45) is 2.80. The number of nitriles is 1. The number of fused-ring (bicyclic) bond motifs is 1. The van der Waals surface area contributed by atoms with Crippen LogP contribution >= 0.6 is 11.8 Å². The topological polar surface area (TPSA) is 85.6 Å². The molecule has 2 N–H and O–H groups in total. The Morgan fingerprint density at radius 3 is 2.66 bits per heavy atom. The van der Waals surface area contributed by atoms with Gasteiger partial charge in [-0.2, -0.15) is 5.26 Å². The third kappa shape index (κ3) is 2.84. The van der Waals surface area contributed by atoms with E-state index >= 15 is 0 Å². The van der Waals surface area contributed by atoms with Crippen molar-refractivity contribution in [1.29, 1.82) is 5.26 Å². The van der Waals surface area contributed by atoms with E-state index in [1.807, 2.05) is 6.07 Å². The number of hydroxylamine groups is 1. The van der Waals surface area contributed by atoms with E-state index in [-0.39, 0.29) is 5.56 Å². The van der Waals surface area contributed by atoms with Gasteiger partial charge in [0.05, 0.1) is 11.6 Å². The summed E-state index contributed by atoms with van der Waals surface area (Å²) in [6, 6.07) is 11.7. The molecule has 0 bridgehead atoms. The van der Waals surface area contributed by atoms with Crippen molar-refractivity contribution in [1.82, 2.24) is 10.4 Å². The summed E-state index contributed by atoms with van der Waals surface area (Å²) in [5, 5.41) is 20.7. The molecule has 6 nitrogen and oxygen atoms in total. The molecule has 2 saturated heterocycles. The number of thioether (sulfide) groups is 1. The molecule has 1 aliphatic carbocycles. The molecule has 0 spiro atoms. The Kier molecular flexibility index (Phi) is 4.91. The number of halogens is 2. The van der Waals surface area contributed by atoms with Crippen molar-refractivity contribution >= 4 is 28.8 Å². The van der Waals surface area contributed by atoms with Gasteiger partial charge in [-0.25, -0.2) is 19.1 Å². The lowest BCUT2D eigenvalue weighted by atomic mass is 9.70. The number of aliphatic hydroxyl groups is 1. The van der Waals surface area contributed by atoms with Crippen LogP contribution in [0.1, 0.15) is 16.7 Å². The molecule has 162 valence electrons. The average molecular weight is 453 g/mol. The molecule has 2 fully saturated rings. The molecule has 2 heterocycles. The largest absolute Gasteiger partial charge is 0.359 e. The zero-order chi connectivity index (χ0) is 22.5. The lowest BCUT2D eigenvalue weighted by Crippen LogP contribution is -2.65. The van der Waals surface area contributed by atoms with Gasteiger partial charge >= 0.3 is 0 Å². The smallest absolute Gasteiger partial charge is 0.274 e. The zero-order valence-corrected chi connectivity index (χ0v) is 17.5. The van der Waals surface area contributed by atoms with Crippen LogP contribution in [-0.4, -0.2) is 45.4 Å². The van der Waals surface area contributed by atoms with E-state index in [2.05, 4.69) is 5.48 Å². The van der Waals surface area contributed by atoms with Gasteiger partial charge in [0, 0.05) is 35.4 Å². The van der Waals surface area contributed by atoms with Crippen LogP contribution in [0, 0.1) is 23.0 Å². The fourth-order valence-electron chi connectivity index (χ4n) is 4.57. The predicted molar refractivity (Wildman–Crippen MR) is 114 cm³/mol. The highest BCUT2D eigenvalue weighted by atomic mass is 32.2. The van der Waals surface area contributed by atoms with Crippen LogP contribution in [0.15, 0.2) is 54.6 Å². The first-order chi connectivity index (χ1) is 15.4. The van der Waals surface area contributed by atoms with Crippen LogP contribution in [0.5, 0.6) is 0 Å². The molecule has 1 amide bonds. The zero-order valence-electron chi connectivity index (χ0n) is 16.6. The summed E-state index contributed by atoms with van der Waals surface area (Å²) in [4.78, 5) is 20.6. The van der Waals surface area contributed by atoms with Crippen LogP contribution in [0.3, 0.4) is 0 Å². The summed E-state index contributed by atoms with van der Waals surface area (Å²) >= 11 is 1.59. The Labute approximate surface area is 186 Å². The lowest BCUT2D eigenvalue weighted by molar-refractivity contribution is -0.200. The van der Waals surface area contributed by atoms with Crippen molar-refractivity contribution in [3.63, 3.8) is 0 Å². The van der Waals surface area contributed by atoms with E-state index in [4.69, 9.17) is 4.84 Å². The fraction of sp³-hybridized carbons (Fsp3) is 0.217. The highest BCUT2D eigenvalue weighted by Gasteiger charge is 2.69.